The third-order valence-electron chi connectivity index (χ3n) is 9.21. The third-order valence-corrected chi connectivity index (χ3v) is 9.74. The second-order valence-electron chi connectivity index (χ2n) is 14.4. The van der Waals surface area contributed by atoms with Crippen molar-refractivity contribution in [3.8, 4) is 11.8 Å². The molecule has 58 heavy (non-hydrogen) atoms. The molecule has 314 valence electrons. The Morgan fingerprint density at radius 1 is 0.879 bits per heavy atom. The number of ether oxygens (including phenoxy) is 7. The highest BCUT2D eigenvalue weighted by molar-refractivity contribution is 6.31. The number of nitrogens with zero attached hydrogens (tertiary/aromatic N) is 1. The molecule has 0 spiro atoms. The van der Waals surface area contributed by atoms with Crippen LogP contribution in [0.2, 0.25) is 10.0 Å². The molecule has 0 aliphatic carbocycles. The monoisotopic (exact) mass is 849 g/mol. The maximum Gasteiger partial charge on any atom is 0.508 e. The summed E-state index contributed by atoms with van der Waals surface area (Å²) in [7, 11) is 2.89. The van der Waals surface area contributed by atoms with Gasteiger partial charge in [-0.15, -0.1) is 0 Å². The van der Waals surface area contributed by atoms with Gasteiger partial charge in [-0.05, 0) is 53.8 Å². The van der Waals surface area contributed by atoms with Gasteiger partial charge in [0.05, 0.1) is 68.5 Å². The molecule has 1 aliphatic rings. The van der Waals surface area contributed by atoms with Crippen LogP contribution in [0.4, 0.5) is 19.3 Å². The number of anilines is 1. The molecule has 3 aromatic rings. The van der Waals surface area contributed by atoms with E-state index in [4.69, 9.17) is 56.4 Å². The summed E-state index contributed by atoms with van der Waals surface area (Å²) < 4.78 is 67.9. The van der Waals surface area contributed by atoms with Crippen molar-refractivity contribution in [1.82, 2.24) is 5.32 Å². The van der Waals surface area contributed by atoms with Crippen LogP contribution in [0.25, 0.3) is 0 Å². The molecule has 1 fully saturated rings. The number of hydrogen-bond donors (Lipinski definition) is 2. The van der Waals surface area contributed by atoms with Crippen molar-refractivity contribution >= 4 is 46.9 Å². The number of rotatable bonds is 19. The molecular formula is C41H47Cl2F2N3O10. The molecule has 0 aromatic heterocycles. The summed E-state index contributed by atoms with van der Waals surface area (Å²) in [6.07, 6.45) is -0.691. The van der Waals surface area contributed by atoms with E-state index in [2.05, 4.69) is 16.7 Å². The maximum atomic E-state index is 16.0. The number of hydrogen-bond acceptors (Lipinski definition) is 12. The molecule has 17 heteroatoms. The summed E-state index contributed by atoms with van der Waals surface area (Å²) >= 11 is 12.4. The Bertz CT molecular complexity index is 1940. The topological polar surface area (TPSA) is 164 Å². The van der Waals surface area contributed by atoms with Gasteiger partial charge in [0.15, 0.2) is 0 Å². The van der Waals surface area contributed by atoms with E-state index in [1.807, 2.05) is 20.8 Å². The number of benzene rings is 3. The predicted octanol–water partition coefficient (Wildman–Crippen LogP) is 7.23. The Hall–Kier alpha value is -4.56. The molecule has 4 rings (SSSR count). The molecule has 4 atom stereocenters. The van der Waals surface area contributed by atoms with E-state index in [1.165, 1.54) is 55.6 Å². The van der Waals surface area contributed by atoms with Crippen LogP contribution in [0.1, 0.15) is 54.6 Å². The predicted molar refractivity (Wildman–Crippen MR) is 210 cm³/mol. The van der Waals surface area contributed by atoms with Gasteiger partial charge in [0, 0.05) is 29.7 Å². The second kappa shape index (κ2) is 21.4. The molecule has 1 saturated heterocycles. The number of esters is 1. The molecule has 2 N–H and O–H groups in total. The van der Waals surface area contributed by atoms with E-state index in [0.29, 0.717) is 26.4 Å². The fourth-order valence-corrected chi connectivity index (χ4v) is 7.06. The summed E-state index contributed by atoms with van der Waals surface area (Å²) in [4.78, 5) is 39.1. The lowest BCUT2D eigenvalue weighted by Gasteiger charge is -2.37. The van der Waals surface area contributed by atoms with Crippen molar-refractivity contribution in [2.45, 2.75) is 50.6 Å². The number of carbonyl (C=O) groups excluding carboxylic acids is 3. The maximum absolute atomic E-state index is 16.0. The molecule has 0 radical (unpaired) electrons. The molecular weight excluding hydrogens is 803 g/mol. The average molecular weight is 851 g/mol. The fourth-order valence-electron chi connectivity index (χ4n) is 6.72. The van der Waals surface area contributed by atoms with Crippen molar-refractivity contribution in [2.75, 3.05) is 72.4 Å². The van der Waals surface area contributed by atoms with Crippen LogP contribution in [-0.4, -0.2) is 97.2 Å². The zero-order chi connectivity index (χ0) is 42.5. The first-order chi connectivity index (χ1) is 27.7. The highest BCUT2D eigenvalue weighted by Gasteiger charge is 2.61. The minimum absolute atomic E-state index is 0.0468. The van der Waals surface area contributed by atoms with Gasteiger partial charge < -0.3 is 43.8 Å². The number of carbonyl (C=O) groups is 3. The minimum Gasteiger partial charge on any atom is -0.495 e. The first kappa shape index (κ1) is 46.1. The van der Waals surface area contributed by atoms with Crippen LogP contribution in [-0.2, 0) is 38.6 Å². The Labute approximate surface area is 346 Å². The molecule has 13 nitrogen and oxygen atoms in total. The van der Waals surface area contributed by atoms with Crippen molar-refractivity contribution < 1.29 is 56.3 Å². The number of methoxy groups -OCH3 is 2. The standard InChI is InChI=1S/C41H47Cl2F2N3O10/c1-40(2,3)23-33-41(24-46,28-11-10-26(42)22-30(28)44)34(27-7-6-8-29(43)35(27)45)36(48-33)37(49)47-31-12-9-25(21-32(31)53-5)38(50)56-19-20-58-39(51)57-18-17-55-16-15-54-14-13-52-4/h6-12,21-22,33-34,36,48H,13-20,23H2,1-5H3,(H,47,49)/t33-,34-,36+,41-/m0/s1. The number of nitrogens with one attached hydrogen (secondary N) is 2. The number of nitriles is 1. The second-order valence-corrected chi connectivity index (χ2v) is 15.2. The van der Waals surface area contributed by atoms with Crippen LogP contribution in [0.15, 0.2) is 54.6 Å². The normalized spacial score (nSPS) is 18.9. The molecule has 0 unspecified atom stereocenters. The smallest absolute Gasteiger partial charge is 0.495 e. The van der Waals surface area contributed by atoms with Crippen molar-refractivity contribution in [1.29, 1.82) is 5.26 Å². The SMILES string of the molecule is COCCOCCOCCOC(=O)OCCOC(=O)c1ccc(NC(=O)[C@@H]2N[C@@H](CC(C)(C)C)[C@](C#N)(c3ccc(Cl)cc3F)[C@H]2c2cccc(Cl)c2F)c(OC)c1. The van der Waals surface area contributed by atoms with E-state index in [0.717, 1.165) is 6.07 Å². The van der Waals surface area contributed by atoms with Crippen LogP contribution in [0, 0.1) is 28.4 Å². The lowest BCUT2D eigenvalue weighted by molar-refractivity contribution is -0.118. The van der Waals surface area contributed by atoms with Gasteiger partial charge in [0.25, 0.3) is 0 Å². The van der Waals surface area contributed by atoms with Gasteiger partial charge in [-0.2, -0.15) is 5.26 Å². The van der Waals surface area contributed by atoms with Gasteiger partial charge >= 0.3 is 12.1 Å². The molecule has 1 heterocycles. The van der Waals surface area contributed by atoms with E-state index in [-0.39, 0.29) is 71.0 Å². The van der Waals surface area contributed by atoms with E-state index < -0.39 is 58.5 Å². The summed E-state index contributed by atoms with van der Waals surface area (Å²) in [6, 6.07) is 12.4. The largest absolute Gasteiger partial charge is 0.508 e. The van der Waals surface area contributed by atoms with Crippen LogP contribution in [0.3, 0.4) is 0 Å². The summed E-state index contributed by atoms with van der Waals surface area (Å²) in [5.41, 5.74) is -2.23. The van der Waals surface area contributed by atoms with Crippen LogP contribution < -0.4 is 15.4 Å². The third kappa shape index (κ3) is 11.8. The molecule has 1 amide bonds. The number of amides is 1. The molecule has 1 aliphatic heterocycles. The quantitative estimate of drug-likeness (QED) is 0.0921. The zero-order valence-electron chi connectivity index (χ0n) is 32.8. The Morgan fingerprint density at radius 3 is 2.17 bits per heavy atom. The van der Waals surface area contributed by atoms with Gasteiger partial charge in [0.1, 0.15) is 42.6 Å². The highest BCUT2D eigenvalue weighted by atomic mass is 35.5. The van der Waals surface area contributed by atoms with Crippen LogP contribution >= 0.6 is 23.2 Å². The van der Waals surface area contributed by atoms with Gasteiger partial charge in [-0.1, -0.05) is 62.2 Å². The van der Waals surface area contributed by atoms with Crippen molar-refractivity contribution in [3.63, 3.8) is 0 Å². The zero-order valence-corrected chi connectivity index (χ0v) is 34.3. The molecule has 0 bridgehead atoms. The van der Waals surface area contributed by atoms with Gasteiger partial charge in [-0.25, -0.2) is 18.4 Å². The van der Waals surface area contributed by atoms with E-state index in [1.54, 1.807) is 7.11 Å². The van der Waals surface area contributed by atoms with Gasteiger partial charge in [-0.3, -0.25) is 4.79 Å². The Balaban J connectivity index is 1.48. The molecule has 0 saturated carbocycles. The van der Waals surface area contributed by atoms with Gasteiger partial charge in [0.2, 0.25) is 5.91 Å². The van der Waals surface area contributed by atoms with Crippen LogP contribution in [0.5, 0.6) is 5.75 Å². The Morgan fingerprint density at radius 2 is 1.53 bits per heavy atom. The summed E-state index contributed by atoms with van der Waals surface area (Å²) in [5.74, 6) is -4.37. The van der Waals surface area contributed by atoms with Crippen molar-refractivity contribution in [2.24, 2.45) is 5.41 Å². The minimum atomic E-state index is -1.83. The first-order valence-corrected chi connectivity index (χ1v) is 19.1. The number of halogens is 4. The Kier molecular flexibility index (Phi) is 17.1. The first-order valence-electron chi connectivity index (χ1n) is 18.3. The van der Waals surface area contributed by atoms with E-state index >= 15 is 8.78 Å². The lowest BCUT2D eigenvalue weighted by Crippen LogP contribution is -2.45. The lowest BCUT2D eigenvalue weighted by atomic mass is 9.62. The average Bonchev–Trinajstić information content (AvgIpc) is 3.49. The fraction of sp³-hybridized carbons (Fsp3) is 0.463. The van der Waals surface area contributed by atoms with Crippen molar-refractivity contribution in [3.05, 3.63) is 93.0 Å². The molecule has 3 aromatic carbocycles. The summed E-state index contributed by atoms with van der Waals surface area (Å²) in [6.45, 7) is 6.90. The van der Waals surface area contributed by atoms with E-state index in [9.17, 15) is 19.6 Å². The highest BCUT2D eigenvalue weighted by Crippen LogP contribution is 2.53. The summed E-state index contributed by atoms with van der Waals surface area (Å²) in [5, 5.41) is 17.0.